The van der Waals surface area contributed by atoms with E-state index < -0.39 is 18.7 Å². The van der Waals surface area contributed by atoms with Crippen molar-refractivity contribution >= 4 is 19.3 Å². The van der Waals surface area contributed by atoms with Crippen LogP contribution in [0.5, 0.6) is 11.5 Å². The average molecular weight is 502 g/mol. The lowest BCUT2D eigenvalue weighted by Crippen LogP contribution is -2.40. The Kier molecular flexibility index (Phi) is 6.61. The highest BCUT2D eigenvalue weighted by Crippen LogP contribution is 2.63. The van der Waals surface area contributed by atoms with E-state index in [1.54, 1.807) is 42.2 Å². The van der Waals surface area contributed by atoms with Gasteiger partial charge in [0, 0.05) is 50.9 Å². The van der Waals surface area contributed by atoms with Crippen molar-refractivity contribution in [2.75, 3.05) is 52.5 Å². The van der Waals surface area contributed by atoms with E-state index in [2.05, 4.69) is 0 Å². The number of benzene rings is 2. The maximum Gasteiger partial charge on any atom is 0.346 e. The molecule has 3 heterocycles. The Morgan fingerprint density at radius 1 is 1.06 bits per heavy atom. The van der Waals surface area contributed by atoms with Crippen molar-refractivity contribution in [3.63, 3.8) is 0 Å². The molecule has 0 bridgehead atoms. The quantitative estimate of drug-likeness (QED) is 0.219. The zero-order chi connectivity index (χ0) is 24.6. The molecule has 35 heavy (non-hydrogen) atoms. The Morgan fingerprint density at radius 2 is 1.74 bits per heavy atom. The summed E-state index contributed by atoms with van der Waals surface area (Å²) >= 11 is 0. The fourth-order valence-electron chi connectivity index (χ4n) is 3.96. The van der Waals surface area contributed by atoms with Crippen LogP contribution in [0.4, 0.5) is 5.69 Å². The van der Waals surface area contributed by atoms with Gasteiger partial charge in [-0.05, 0) is 42.8 Å². The number of hydrogen-bond acceptors (Lipinski definition) is 7. The van der Waals surface area contributed by atoms with Gasteiger partial charge in [0.25, 0.3) is 5.91 Å². The molecule has 0 aromatic heterocycles. The van der Waals surface area contributed by atoms with Crippen LogP contribution in [0.25, 0.3) is 0 Å². The van der Waals surface area contributed by atoms with Crippen LogP contribution in [0.2, 0.25) is 0 Å². The Bertz CT molecular complexity index is 1160. The van der Waals surface area contributed by atoms with Gasteiger partial charge < -0.3 is 14.4 Å². The molecular formula is C23H27N4O7P. The lowest BCUT2D eigenvalue weighted by Gasteiger charge is -2.27. The SMILES string of the molecule is CC(OP(=O)(N1CC1)N1CC1)c1ccc([N+](=O)[O-])c(Oc2cccc(C(=O)N3CCOCC3)c2)c1. The second kappa shape index (κ2) is 9.67. The molecule has 1 atom stereocenters. The summed E-state index contributed by atoms with van der Waals surface area (Å²) in [6, 6.07) is 11.0. The molecular weight excluding hydrogens is 475 g/mol. The minimum Gasteiger partial charge on any atom is -0.450 e. The maximum atomic E-state index is 13.4. The molecule has 3 aliphatic heterocycles. The number of hydrogen-bond donors (Lipinski definition) is 0. The molecule has 0 spiro atoms. The largest absolute Gasteiger partial charge is 0.450 e. The summed E-state index contributed by atoms with van der Waals surface area (Å²) in [7, 11) is -3.07. The molecule has 2 aromatic rings. The van der Waals surface area contributed by atoms with Crippen LogP contribution in [-0.4, -0.2) is 77.6 Å². The first-order valence-electron chi connectivity index (χ1n) is 11.6. The van der Waals surface area contributed by atoms with Crippen LogP contribution in [0, 0.1) is 10.1 Å². The fourth-order valence-corrected chi connectivity index (χ4v) is 6.31. The lowest BCUT2D eigenvalue weighted by atomic mass is 10.1. The molecule has 0 aliphatic carbocycles. The van der Waals surface area contributed by atoms with Gasteiger partial charge in [-0.1, -0.05) is 6.07 Å². The maximum absolute atomic E-state index is 13.4. The summed E-state index contributed by atoms with van der Waals surface area (Å²) in [5, 5.41) is 11.7. The summed E-state index contributed by atoms with van der Waals surface area (Å²) < 4.78 is 34.2. The molecule has 1 unspecified atom stereocenters. The van der Waals surface area contributed by atoms with E-state index in [9.17, 15) is 19.5 Å². The molecule has 186 valence electrons. The van der Waals surface area contributed by atoms with E-state index in [0.29, 0.717) is 43.2 Å². The second-order valence-electron chi connectivity index (χ2n) is 8.66. The van der Waals surface area contributed by atoms with E-state index in [-0.39, 0.29) is 17.3 Å². The average Bonchev–Trinajstić information content (AvgIpc) is 3.76. The molecule has 12 heteroatoms. The summed E-state index contributed by atoms with van der Waals surface area (Å²) in [5.74, 6) is 0.175. The Morgan fingerprint density at radius 3 is 2.37 bits per heavy atom. The monoisotopic (exact) mass is 502 g/mol. The Hall–Kier alpha value is -2.82. The molecule has 5 rings (SSSR count). The van der Waals surface area contributed by atoms with Crippen LogP contribution >= 0.6 is 7.67 Å². The standard InChI is InChI=1S/C23H27N4O7P/c1-17(34-35(31,25-7-8-25)26-9-10-26)18-5-6-21(27(29)30)22(16-18)33-20-4-2-3-19(15-20)23(28)24-11-13-32-14-12-24/h2-6,15-17H,7-14H2,1H3. The van der Waals surface area contributed by atoms with Gasteiger partial charge in [0.1, 0.15) is 5.75 Å². The summed E-state index contributed by atoms with van der Waals surface area (Å²) in [5.41, 5.74) is 0.818. The number of nitro groups is 1. The predicted octanol–water partition coefficient (Wildman–Crippen LogP) is 3.68. The van der Waals surface area contributed by atoms with Crippen molar-refractivity contribution in [1.29, 1.82) is 0 Å². The van der Waals surface area contributed by atoms with Crippen molar-refractivity contribution in [3.05, 3.63) is 63.7 Å². The van der Waals surface area contributed by atoms with Crippen molar-refractivity contribution in [1.82, 2.24) is 14.2 Å². The first-order valence-corrected chi connectivity index (χ1v) is 13.1. The predicted molar refractivity (Wildman–Crippen MR) is 127 cm³/mol. The number of nitro benzene ring substituents is 1. The Labute approximate surface area is 202 Å². The van der Waals surface area contributed by atoms with Gasteiger partial charge in [-0.3, -0.25) is 24.0 Å². The van der Waals surface area contributed by atoms with E-state index >= 15 is 0 Å². The number of morpholine rings is 1. The highest BCUT2D eigenvalue weighted by Gasteiger charge is 2.50. The van der Waals surface area contributed by atoms with Crippen molar-refractivity contribution in [3.8, 4) is 11.5 Å². The summed E-state index contributed by atoms with van der Waals surface area (Å²) in [6.07, 6.45) is -0.570. The van der Waals surface area contributed by atoms with Gasteiger partial charge >= 0.3 is 13.4 Å². The molecule has 1 amide bonds. The van der Waals surface area contributed by atoms with E-state index in [1.165, 1.54) is 12.1 Å². The number of carbonyl (C=O) groups is 1. The van der Waals surface area contributed by atoms with Crippen LogP contribution in [0.1, 0.15) is 28.9 Å². The topological polar surface area (TPSA) is 114 Å². The zero-order valence-corrected chi connectivity index (χ0v) is 20.3. The first kappa shape index (κ1) is 23.9. The highest BCUT2D eigenvalue weighted by molar-refractivity contribution is 7.54. The smallest absolute Gasteiger partial charge is 0.346 e. The number of ether oxygens (including phenoxy) is 2. The van der Waals surface area contributed by atoms with Crippen LogP contribution < -0.4 is 4.74 Å². The number of amides is 1. The van der Waals surface area contributed by atoms with Crippen LogP contribution in [-0.2, 0) is 13.8 Å². The third kappa shape index (κ3) is 5.24. The van der Waals surface area contributed by atoms with Crippen molar-refractivity contribution in [2.45, 2.75) is 13.0 Å². The lowest BCUT2D eigenvalue weighted by molar-refractivity contribution is -0.385. The highest BCUT2D eigenvalue weighted by atomic mass is 31.2. The molecule has 2 aromatic carbocycles. The molecule has 3 aliphatic rings. The fraction of sp³-hybridized carbons (Fsp3) is 0.435. The van der Waals surface area contributed by atoms with Gasteiger partial charge in [-0.2, -0.15) is 0 Å². The molecule has 0 radical (unpaired) electrons. The normalized spacial score (nSPS) is 19.3. The minimum atomic E-state index is -3.07. The van der Waals surface area contributed by atoms with Crippen molar-refractivity contribution in [2.24, 2.45) is 0 Å². The van der Waals surface area contributed by atoms with Crippen molar-refractivity contribution < 1.29 is 28.3 Å². The molecule has 3 saturated heterocycles. The molecule has 3 fully saturated rings. The van der Waals surface area contributed by atoms with Crippen LogP contribution in [0.3, 0.4) is 0 Å². The van der Waals surface area contributed by atoms with Gasteiger partial charge in [0.2, 0.25) is 5.75 Å². The number of nitrogens with zero attached hydrogens (tertiary/aromatic N) is 4. The molecule has 11 nitrogen and oxygen atoms in total. The van der Waals surface area contributed by atoms with Gasteiger partial charge in [0.15, 0.2) is 0 Å². The summed E-state index contributed by atoms with van der Waals surface area (Å²) in [6.45, 7) is 6.69. The third-order valence-corrected chi connectivity index (χ3v) is 8.94. The van der Waals surface area contributed by atoms with E-state index in [4.69, 9.17) is 14.0 Å². The number of carbonyl (C=O) groups excluding carboxylic acids is 1. The van der Waals surface area contributed by atoms with Gasteiger partial charge in [-0.15, -0.1) is 0 Å². The Balaban J connectivity index is 1.37. The van der Waals surface area contributed by atoms with Crippen LogP contribution in [0.15, 0.2) is 42.5 Å². The first-order chi connectivity index (χ1) is 16.8. The molecule has 0 N–H and O–H groups in total. The number of rotatable bonds is 9. The second-order valence-corrected chi connectivity index (χ2v) is 11.0. The third-order valence-electron chi connectivity index (χ3n) is 6.11. The zero-order valence-electron chi connectivity index (χ0n) is 19.4. The molecule has 0 saturated carbocycles. The summed E-state index contributed by atoms with van der Waals surface area (Å²) in [4.78, 5) is 25.7. The van der Waals surface area contributed by atoms with E-state index in [1.807, 2.05) is 9.34 Å². The van der Waals surface area contributed by atoms with Gasteiger partial charge in [-0.25, -0.2) is 9.34 Å². The van der Waals surface area contributed by atoms with E-state index in [0.717, 1.165) is 26.2 Å². The van der Waals surface area contributed by atoms with Gasteiger partial charge in [0.05, 0.1) is 24.2 Å². The minimum absolute atomic E-state index is 0.0206.